The lowest BCUT2D eigenvalue weighted by atomic mass is 10.2. The number of nitrogens with one attached hydrogen (secondary N) is 1. The maximum Gasteiger partial charge on any atom is 0.329 e. The Balaban J connectivity index is 1.57. The third-order valence-electron chi connectivity index (χ3n) is 4.60. The molecule has 28 heavy (non-hydrogen) atoms. The number of imide groups is 1. The van der Waals surface area contributed by atoms with Gasteiger partial charge in [-0.3, -0.25) is 9.69 Å². The fourth-order valence-electron chi connectivity index (χ4n) is 3.20. The molecule has 1 aliphatic heterocycles. The van der Waals surface area contributed by atoms with E-state index in [-0.39, 0.29) is 18.1 Å². The van der Waals surface area contributed by atoms with Crippen LogP contribution in [0.3, 0.4) is 0 Å². The molecule has 0 atom stereocenters. The number of aryl methyl sites for hydroxylation is 1. The number of nitrogens with zero attached hydrogens (tertiary/aromatic N) is 2. The highest BCUT2D eigenvalue weighted by molar-refractivity contribution is 6.13. The van der Waals surface area contributed by atoms with Gasteiger partial charge in [-0.25, -0.2) is 9.18 Å². The Kier molecular flexibility index (Phi) is 4.53. The van der Waals surface area contributed by atoms with Gasteiger partial charge in [0.25, 0.3) is 5.91 Å². The summed E-state index contributed by atoms with van der Waals surface area (Å²) >= 11 is 0. The van der Waals surface area contributed by atoms with Crippen molar-refractivity contribution in [1.29, 1.82) is 0 Å². The van der Waals surface area contributed by atoms with E-state index in [1.54, 1.807) is 18.2 Å². The van der Waals surface area contributed by atoms with Crippen LogP contribution in [-0.4, -0.2) is 21.4 Å². The second kappa shape index (κ2) is 7.15. The monoisotopic (exact) mass is 375 g/mol. The molecule has 0 bridgehead atoms. The van der Waals surface area contributed by atoms with Gasteiger partial charge in [-0.2, -0.15) is 0 Å². The second-order valence-corrected chi connectivity index (χ2v) is 6.63. The minimum absolute atomic E-state index is 0.0896. The normalized spacial score (nSPS) is 15.4. The van der Waals surface area contributed by atoms with Gasteiger partial charge in [0.15, 0.2) is 0 Å². The standard InChI is InChI=1S/C22H18FN3O2/c1-15-11-17(14-25(15)19-5-3-2-4-6-19)12-20-21(27)26(22(28)24-20)13-16-7-9-18(23)10-8-16/h2-12,14H,13H2,1H3,(H,24,28)/b20-12+. The quantitative estimate of drug-likeness (QED) is 0.553. The van der Waals surface area contributed by atoms with Crippen molar-refractivity contribution in [1.82, 2.24) is 14.8 Å². The molecule has 5 nitrogen and oxygen atoms in total. The molecule has 0 aliphatic carbocycles. The van der Waals surface area contributed by atoms with Crippen LogP contribution in [-0.2, 0) is 11.3 Å². The van der Waals surface area contributed by atoms with Crippen LogP contribution in [0.15, 0.2) is 72.6 Å². The van der Waals surface area contributed by atoms with Crippen LogP contribution in [0.5, 0.6) is 0 Å². The van der Waals surface area contributed by atoms with E-state index in [0.717, 1.165) is 21.8 Å². The Bertz CT molecular complexity index is 1070. The molecule has 6 heteroatoms. The van der Waals surface area contributed by atoms with Crippen LogP contribution in [0.1, 0.15) is 16.8 Å². The summed E-state index contributed by atoms with van der Waals surface area (Å²) < 4.78 is 15.1. The topological polar surface area (TPSA) is 54.3 Å². The summed E-state index contributed by atoms with van der Waals surface area (Å²) in [4.78, 5) is 26.0. The highest BCUT2D eigenvalue weighted by Gasteiger charge is 2.33. The zero-order valence-electron chi connectivity index (χ0n) is 15.2. The van der Waals surface area contributed by atoms with Gasteiger partial charge < -0.3 is 9.88 Å². The third-order valence-corrected chi connectivity index (χ3v) is 4.60. The Morgan fingerprint density at radius 3 is 2.46 bits per heavy atom. The first kappa shape index (κ1) is 17.7. The van der Waals surface area contributed by atoms with Crippen molar-refractivity contribution >= 4 is 18.0 Å². The average molecular weight is 375 g/mol. The van der Waals surface area contributed by atoms with Crippen molar-refractivity contribution in [3.05, 3.63) is 95.2 Å². The predicted molar refractivity (Wildman–Crippen MR) is 104 cm³/mol. The van der Waals surface area contributed by atoms with Gasteiger partial charge in [-0.15, -0.1) is 0 Å². The fraction of sp³-hybridized carbons (Fsp3) is 0.0909. The summed E-state index contributed by atoms with van der Waals surface area (Å²) in [6, 6.07) is 17.0. The lowest BCUT2D eigenvalue weighted by Crippen LogP contribution is -2.30. The maximum absolute atomic E-state index is 13.0. The summed E-state index contributed by atoms with van der Waals surface area (Å²) in [6.07, 6.45) is 3.58. The largest absolute Gasteiger partial charge is 0.329 e. The molecule has 0 unspecified atom stereocenters. The summed E-state index contributed by atoms with van der Waals surface area (Å²) in [6.45, 7) is 2.07. The third kappa shape index (κ3) is 3.44. The zero-order chi connectivity index (χ0) is 19.7. The van der Waals surface area contributed by atoms with E-state index in [2.05, 4.69) is 5.32 Å². The first-order valence-electron chi connectivity index (χ1n) is 8.85. The Labute approximate surface area is 161 Å². The van der Waals surface area contributed by atoms with Gasteiger partial charge in [0.1, 0.15) is 11.5 Å². The van der Waals surface area contributed by atoms with Gasteiger partial charge in [0.2, 0.25) is 0 Å². The van der Waals surface area contributed by atoms with Crippen molar-refractivity contribution in [2.45, 2.75) is 13.5 Å². The van der Waals surface area contributed by atoms with Crippen molar-refractivity contribution in [2.24, 2.45) is 0 Å². The van der Waals surface area contributed by atoms with E-state index >= 15 is 0 Å². The Morgan fingerprint density at radius 2 is 1.75 bits per heavy atom. The summed E-state index contributed by atoms with van der Waals surface area (Å²) in [5, 5.41) is 2.62. The number of urea groups is 1. The molecular weight excluding hydrogens is 357 g/mol. The Hall–Kier alpha value is -3.67. The van der Waals surface area contributed by atoms with Crippen molar-refractivity contribution in [3.63, 3.8) is 0 Å². The van der Waals surface area contributed by atoms with E-state index in [4.69, 9.17) is 0 Å². The number of hydrogen-bond donors (Lipinski definition) is 1. The number of rotatable bonds is 4. The average Bonchev–Trinajstić information content (AvgIpc) is 3.18. The molecule has 1 aromatic heterocycles. The van der Waals surface area contributed by atoms with Crippen LogP contribution < -0.4 is 5.32 Å². The molecule has 2 heterocycles. The molecule has 1 saturated heterocycles. The zero-order valence-corrected chi connectivity index (χ0v) is 15.2. The van der Waals surface area contributed by atoms with Gasteiger partial charge in [-0.1, -0.05) is 30.3 Å². The second-order valence-electron chi connectivity index (χ2n) is 6.63. The molecule has 3 amide bonds. The van der Waals surface area contributed by atoms with E-state index in [1.807, 2.05) is 54.1 Å². The van der Waals surface area contributed by atoms with Gasteiger partial charge in [0.05, 0.1) is 6.54 Å². The van der Waals surface area contributed by atoms with E-state index in [1.165, 1.54) is 12.1 Å². The number of para-hydroxylation sites is 1. The Morgan fingerprint density at radius 1 is 1.04 bits per heavy atom. The number of halogens is 1. The smallest absolute Gasteiger partial charge is 0.321 e. The van der Waals surface area contributed by atoms with Crippen LogP contribution in [0, 0.1) is 12.7 Å². The van der Waals surface area contributed by atoms with Crippen LogP contribution >= 0.6 is 0 Å². The highest BCUT2D eigenvalue weighted by atomic mass is 19.1. The first-order valence-corrected chi connectivity index (χ1v) is 8.85. The molecule has 140 valence electrons. The van der Waals surface area contributed by atoms with Gasteiger partial charge >= 0.3 is 6.03 Å². The number of carbonyl (C=O) groups is 2. The SMILES string of the molecule is Cc1cc(/C=C2/NC(=O)N(Cc3ccc(F)cc3)C2=O)cn1-c1ccccc1. The number of hydrogen-bond acceptors (Lipinski definition) is 2. The predicted octanol–water partition coefficient (Wildman–Crippen LogP) is 4.02. The molecule has 0 spiro atoms. The number of benzene rings is 2. The van der Waals surface area contributed by atoms with E-state index in [9.17, 15) is 14.0 Å². The van der Waals surface area contributed by atoms with Gasteiger partial charge in [0, 0.05) is 17.6 Å². The van der Waals surface area contributed by atoms with Gasteiger partial charge in [-0.05, 0) is 54.5 Å². The van der Waals surface area contributed by atoms with Crippen molar-refractivity contribution in [3.8, 4) is 5.69 Å². The van der Waals surface area contributed by atoms with E-state index < -0.39 is 11.9 Å². The molecule has 1 aliphatic rings. The summed E-state index contributed by atoms with van der Waals surface area (Å²) in [5.41, 5.74) is 3.74. The van der Waals surface area contributed by atoms with E-state index in [0.29, 0.717) is 5.56 Å². The number of aromatic nitrogens is 1. The minimum atomic E-state index is -0.486. The first-order chi connectivity index (χ1) is 13.5. The van der Waals surface area contributed by atoms with Crippen molar-refractivity contribution in [2.75, 3.05) is 0 Å². The minimum Gasteiger partial charge on any atom is -0.321 e. The molecule has 1 fully saturated rings. The fourth-order valence-corrected chi connectivity index (χ4v) is 3.20. The summed E-state index contributed by atoms with van der Waals surface area (Å²) in [7, 11) is 0. The van der Waals surface area contributed by atoms with Crippen LogP contribution in [0.4, 0.5) is 9.18 Å². The summed E-state index contributed by atoms with van der Waals surface area (Å²) in [5.74, 6) is -0.765. The number of carbonyl (C=O) groups excluding carboxylic acids is 2. The van der Waals surface area contributed by atoms with Crippen molar-refractivity contribution < 1.29 is 14.0 Å². The van der Waals surface area contributed by atoms with Crippen LogP contribution in [0.25, 0.3) is 11.8 Å². The highest BCUT2D eigenvalue weighted by Crippen LogP contribution is 2.20. The molecule has 2 aromatic carbocycles. The molecule has 4 rings (SSSR count). The lowest BCUT2D eigenvalue weighted by Gasteiger charge is -2.11. The molecule has 3 aromatic rings. The number of amides is 3. The molecule has 0 radical (unpaired) electrons. The molecular formula is C22H18FN3O2. The van der Waals surface area contributed by atoms with Crippen LogP contribution in [0.2, 0.25) is 0 Å². The maximum atomic E-state index is 13.0. The lowest BCUT2D eigenvalue weighted by molar-refractivity contribution is -0.123. The molecule has 0 saturated carbocycles. The molecule has 1 N–H and O–H groups in total.